The van der Waals surface area contributed by atoms with Crippen LogP contribution < -0.4 is 5.32 Å². The lowest BCUT2D eigenvalue weighted by molar-refractivity contribution is 0.113. The van der Waals surface area contributed by atoms with Crippen LogP contribution in [-0.4, -0.2) is 25.3 Å². The van der Waals surface area contributed by atoms with E-state index in [1.54, 1.807) is 0 Å². The van der Waals surface area contributed by atoms with Crippen molar-refractivity contribution in [3.8, 4) is 0 Å². The maximum atomic E-state index is 5.68. The number of hydrogen-bond acceptors (Lipinski definition) is 2. The Balaban J connectivity index is 2.47. The quantitative estimate of drug-likeness (QED) is 0.732. The molecule has 2 nitrogen and oxygen atoms in total. The predicted molar refractivity (Wildman–Crippen MR) is 65.1 cm³/mol. The first-order valence-corrected chi connectivity index (χ1v) is 6.54. The highest BCUT2D eigenvalue weighted by Gasteiger charge is 2.31. The van der Waals surface area contributed by atoms with Crippen LogP contribution in [0.3, 0.4) is 0 Å². The van der Waals surface area contributed by atoms with Crippen molar-refractivity contribution in [2.75, 3.05) is 13.2 Å². The summed E-state index contributed by atoms with van der Waals surface area (Å²) in [6.45, 7) is 11.1. The zero-order valence-corrected chi connectivity index (χ0v) is 10.8. The average Bonchev–Trinajstić information content (AvgIpc) is 2.65. The summed E-state index contributed by atoms with van der Waals surface area (Å²) >= 11 is 0. The topological polar surface area (TPSA) is 21.3 Å². The Morgan fingerprint density at radius 1 is 1.40 bits per heavy atom. The predicted octanol–water partition coefficient (Wildman–Crippen LogP) is 2.83. The van der Waals surface area contributed by atoms with Gasteiger partial charge in [0.05, 0.1) is 12.7 Å². The molecule has 1 fully saturated rings. The molecule has 0 aromatic rings. The van der Waals surface area contributed by atoms with Gasteiger partial charge in [-0.1, -0.05) is 27.2 Å². The van der Waals surface area contributed by atoms with Crippen molar-refractivity contribution in [3.63, 3.8) is 0 Å². The molecule has 15 heavy (non-hydrogen) atoms. The lowest BCUT2D eigenvalue weighted by Crippen LogP contribution is -2.42. The molecule has 0 amide bonds. The second kappa shape index (κ2) is 6.49. The normalized spacial score (nSPS) is 30.4. The molecule has 1 heterocycles. The molecule has 1 rings (SSSR count). The third-order valence-corrected chi connectivity index (χ3v) is 3.62. The molecule has 4 atom stereocenters. The molecule has 1 saturated heterocycles. The van der Waals surface area contributed by atoms with Crippen molar-refractivity contribution in [1.82, 2.24) is 5.32 Å². The van der Waals surface area contributed by atoms with Crippen LogP contribution in [-0.2, 0) is 4.74 Å². The van der Waals surface area contributed by atoms with Gasteiger partial charge in [0.1, 0.15) is 0 Å². The van der Waals surface area contributed by atoms with E-state index in [9.17, 15) is 0 Å². The smallest absolute Gasteiger partial charge is 0.0551 e. The number of hydrogen-bond donors (Lipinski definition) is 1. The minimum Gasteiger partial charge on any atom is -0.378 e. The molecule has 0 aromatic heterocycles. The van der Waals surface area contributed by atoms with Gasteiger partial charge in [0.15, 0.2) is 0 Å². The summed E-state index contributed by atoms with van der Waals surface area (Å²) in [6, 6.07) is 0.653. The Hall–Kier alpha value is -0.0800. The van der Waals surface area contributed by atoms with Crippen molar-refractivity contribution in [3.05, 3.63) is 0 Å². The molecule has 1 aliphatic rings. The van der Waals surface area contributed by atoms with Gasteiger partial charge in [0, 0.05) is 12.0 Å². The van der Waals surface area contributed by atoms with Gasteiger partial charge in [-0.15, -0.1) is 0 Å². The summed E-state index contributed by atoms with van der Waals surface area (Å²) in [6.07, 6.45) is 4.17. The average molecular weight is 213 g/mol. The fourth-order valence-corrected chi connectivity index (χ4v) is 2.50. The first kappa shape index (κ1) is 13.0. The third kappa shape index (κ3) is 3.76. The van der Waals surface area contributed by atoms with E-state index < -0.39 is 0 Å². The molecular formula is C13H27NO. The molecule has 0 aromatic carbocycles. The fourth-order valence-electron chi connectivity index (χ4n) is 2.50. The highest BCUT2D eigenvalue weighted by molar-refractivity contribution is 4.85. The Bertz CT molecular complexity index is 172. The largest absolute Gasteiger partial charge is 0.378 e. The monoisotopic (exact) mass is 213 g/mol. The molecule has 1 N–H and O–H groups in total. The highest BCUT2D eigenvalue weighted by atomic mass is 16.5. The molecular weight excluding hydrogens is 186 g/mol. The number of ether oxygens (including phenoxy) is 1. The number of nitrogens with one attached hydrogen (secondary N) is 1. The van der Waals surface area contributed by atoms with Crippen LogP contribution in [0.4, 0.5) is 0 Å². The lowest BCUT2D eigenvalue weighted by atomic mass is 9.86. The first-order chi connectivity index (χ1) is 7.19. The maximum absolute atomic E-state index is 5.68. The zero-order valence-electron chi connectivity index (χ0n) is 10.8. The van der Waals surface area contributed by atoms with Gasteiger partial charge in [0.25, 0.3) is 0 Å². The molecule has 0 aliphatic carbocycles. The Morgan fingerprint density at radius 3 is 2.60 bits per heavy atom. The van der Waals surface area contributed by atoms with Gasteiger partial charge in [-0.2, -0.15) is 0 Å². The number of rotatable bonds is 6. The molecule has 1 aliphatic heterocycles. The molecule has 2 heteroatoms. The Kier molecular flexibility index (Phi) is 5.62. The van der Waals surface area contributed by atoms with Gasteiger partial charge in [-0.25, -0.2) is 0 Å². The SMILES string of the molecule is CCCNC(C(C)CC)C1COC(C)C1. The fraction of sp³-hybridized carbons (Fsp3) is 1.00. The van der Waals surface area contributed by atoms with E-state index in [4.69, 9.17) is 4.74 Å². The Labute approximate surface area is 94.8 Å². The van der Waals surface area contributed by atoms with Crippen LogP contribution in [0.5, 0.6) is 0 Å². The van der Waals surface area contributed by atoms with Crippen molar-refractivity contribution in [1.29, 1.82) is 0 Å². The van der Waals surface area contributed by atoms with Crippen molar-refractivity contribution in [2.45, 2.75) is 59.1 Å². The van der Waals surface area contributed by atoms with E-state index in [-0.39, 0.29) is 0 Å². The van der Waals surface area contributed by atoms with Gasteiger partial charge in [-0.05, 0) is 32.2 Å². The van der Waals surface area contributed by atoms with E-state index in [0.29, 0.717) is 12.1 Å². The Morgan fingerprint density at radius 2 is 2.13 bits per heavy atom. The minimum absolute atomic E-state index is 0.463. The van der Waals surface area contributed by atoms with Crippen LogP contribution >= 0.6 is 0 Å². The second-order valence-corrected chi connectivity index (χ2v) is 5.01. The maximum Gasteiger partial charge on any atom is 0.0551 e. The minimum atomic E-state index is 0.463. The standard InChI is InChI=1S/C13H27NO/c1-5-7-14-13(10(3)6-2)12-8-11(4)15-9-12/h10-14H,5-9H2,1-4H3. The van der Waals surface area contributed by atoms with E-state index in [2.05, 4.69) is 33.0 Å². The van der Waals surface area contributed by atoms with E-state index in [0.717, 1.165) is 25.0 Å². The second-order valence-electron chi connectivity index (χ2n) is 5.01. The molecule has 90 valence electrons. The first-order valence-electron chi connectivity index (χ1n) is 6.54. The van der Waals surface area contributed by atoms with Crippen LogP contribution in [0.15, 0.2) is 0 Å². The summed E-state index contributed by atoms with van der Waals surface area (Å²) < 4.78 is 5.68. The molecule has 0 radical (unpaired) electrons. The van der Waals surface area contributed by atoms with Crippen LogP contribution in [0.25, 0.3) is 0 Å². The summed E-state index contributed by atoms with van der Waals surface area (Å²) in [7, 11) is 0. The highest BCUT2D eigenvalue weighted by Crippen LogP contribution is 2.27. The summed E-state index contributed by atoms with van der Waals surface area (Å²) in [5, 5.41) is 3.70. The molecule has 0 spiro atoms. The van der Waals surface area contributed by atoms with E-state index in [1.165, 1.54) is 19.3 Å². The van der Waals surface area contributed by atoms with Gasteiger partial charge < -0.3 is 10.1 Å². The summed E-state index contributed by atoms with van der Waals surface area (Å²) in [5.74, 6) is 1.48. The van der Waals surface area contributed by atoms with Gasteiger partial charge in [-0.3, -0.25) is 0 Å². The van der Waals surface area contributed by atoms with E-state index in [1.807, 2.05) is 0 Å². The van der Waals surface area contributed by atoms with Crippen LogP contribution in [0, 0.1) is 11.8 Å². The molecule has 0 bridgehead atoms. The van der Waals surface area contributed by atoms with Crippen LogP contribution in [0.1, 0.15) is 47.0 Å². The summed E-state index contributed by atoms with van der Waals surface area (Å²) in [4.78, 5) is 0. The van der Waals surface area contributed by atoms with Crippen molar-refractivity contribution >= 4 is 0 Å². The lowest BCUT2D eigenvalue weighted by Gasteiger charge is -2.29. The molecule has 0 saturated carbocycles. The van der Waals surface area contributed by atoms with Gasteiger partial charge >= 0.3 is 0 Å². The summed E-state index contributed by atoms with van der Waals surface area (Å²) in [5.41, 5.74) is 0. The molecule has 4 unspecified atom stereocenters. The van der Waals surface area contributed by atoms with Crippen molar-refractivity contribution in [2.24, 2.45) is 11.8 Å². The zero-order chi connectivity index (χ0) is 11.3. The van der Waals surface area contributed by atoms with Crippen LogP contribution in [0.2, 0.25) is 0 Å². The van der Waals surface area contributed by atoms with Gasteiger partial charge in [0.2, 0.25) is 0 Å². The van der Waals surface area contributed by atoms with Crippen molar-refractivity contribution < 1.29 is 4.74 Å². The third-order valence-electron chi connectivity index (χ3n) is 3.62. The van der Waals surface area contributed by atoms with E-state index >= 15 is 0 Å².